The Morgan fingerprint density at radius 3 is 1.20 bits per heavy atom. The second kappa shape index (κ2) is 13.8. The summed E-state index contributed by atoms with van der Waals surface area (Å²) in [6.07, 6.45) is 1.04. The zero-order valence-electron chi connectivity index (χ0n) is 30.6. The standard InChI is InChI=1S/C40H52N2O8/c1-36(2)22-28(23-37(3,4)41(36)33(47)31(45)26-16-11-9-12-17-26)40(35(49)50,21-15-20-30(43)44)29-24-38(5,6)42(39(7,8)25-29)34(48)32(46)27-18-13-10-14-19-27/h9-14,16-19,28-29H,15,20-25H2,1-8H3,(H,43,44)(H,49,50). The van der Waals surface area contributed by atoms with Crippen LogP contribution in [0.5, 0.6) is 0 Å². The molecule has 10 heteroatoms. The first kappa shape index (κ1) is 38.5. The van der Waals surface area contributed by atoms with Crippen LogP contribution in [0.1, 0.15) is 121 Å². The van der Waals surface area contributed by atoms with E-state index in [0.717, 1.165) is 0 Å². The second-order valence-electron chi connectivity index (χ2n) is 16.7. The molecular formula is C40H52N2O8. The molecule has 10 nitrogen and oxygen atoms in total. The minimum Gasteiger partial charge on any atom is -0.481 e. The summed E-state index contributed by atoms with van der Waals surface area (Å²) in [6.45, 7) is 14.8. The van der Waals surface area contributed by atoms with Crippen LogP contribution < -0.4 is 0 Å². The number of Topliss-reactive ketones (excluding diaryl/α,β-unsaturated/α-hetero) is 2. The van der Waals surface area contributed by atoms with Gasteiger partial charge < -0.3 is 20.0 Å². The molecule has 0 aliphatic carbocycles. The third kappa shape index (κ3) is 7.25. The third-order valence-corrected chi connectivity index (χ3v) is 11.1. The summed E-state index contributed by atoms with van der Waals surface area (Å²) in [6, 6.07) is 16.7. The van der Waals surface area contributed by atoms with Crippen LogP contribution in [-0.4, -0.2) is 77.5 Å². The smallest absolute Gasteiger partial charge is 0.310 e. The molecule has 2 N–H and O–H groups in total. The molecular weight excluding hydrogens is 636 g/mol. The maximum absolute atomic E-state index is 13.9. The summed E-state index contributed by atoms with van der Waals surface area (Å²) >= 11 is 0. The fourth-order valence-corrected chi connectivity index (χ4v) is 9.75. The normalized spacial score (nSPS) is 20.2. The molecule has 2 aromatic rings. The number of carboxylic acid groups (broad SMARTS) is 2. The van der Waals surface area contributed by atoms with Crippen molar-refractivity contribution in [3.8, 4) is 0 Å². The fourth-order valence-electron chi connectivity index (χ4n) is 9.75. The van der Waals surface area contributed by atoms with Crippen molar-refractivity contribution in [3.05, 3.63) is 71.8 Å². The Kier molecular flexibility index (Phi) is 10.6. The number of hydrogen-bond acceptors (Lipinski definition) is 6. The van der Waals surface area contributed by atoms with Gasteiger partial charge in [0, 0.05) is 39.7 Å². The van der Waals surface area contributed by atoms with E-state index < -0.39 is 74.7 Å². The molecule has 2 aliphatic rings. The van der Waals surface area contributed by atoms with Gasteiger partial charge in [-0.1, -0.05) is 60.7 Å². The van der Waals surface area contributed by atoms with E-state index in [1.165, 1.54) is 0 Å². The molecule has 2 aromatic carbocycles. The number of piperidine rings is 2. The van der Waals surface area contributed by atoms with E-state index in [9.17, 15) is 39.0 Å². The molecule has 0 saturated carbocycles. The van der Waals surface area contributed by atoms with Crippen molar-refractivity contribution in [1.82, 2.24) is 9.80 Å². The van der Waals surface area contributed by atoms with E-state index in [0.29, 0.717) is 0 Å². The van der Waals surface area contributed by atoms with Crippen LogP contribution in [0.4, 0.5) is 0 Å². The SMILES string of the molecule is CC1(C)CC(C(CCCC(=O)O)(C(=O)O)C2CC(C)(C)N(C(=O)C(=O)c3ccccc3)C(C)(C)C2)CC(C)(C)N1C(=O)C(=O)c1ccccc1. The fraction of sp³-hybridized carbons (Fsp3) is 0.550. The largest absolute Gasteiger partial charge is 0.481 e. The number of amides is 2. The molecule has 2 saturated heterocycles. The highest BCUT2D eigenvalue weighted by atomic mass is 16.4. The topological polar surface area (TPSA) is 149 Å². The van der Waals surface area contributed by atoms with Crippen molar-refractivity contribution in [1.29, 1.82) is 0 Å². The van der Waals surface area contributed by atoms with Crippen LogP contribution in [0, 0.1) is 17.3 Å². The lowest BCUT2D eigenvalue weighted by Gasteiger charge is -2.62. The number of rotatable bonds is 11. The lowest BCUT2D eigenvalue weighted by atomic mass is 9.52. The predicted molar refractivity (Wildman–Crippen MR) is 189 cm³/mol. The maximum atomic E-state index is 13.9. The molecule has 0 spiro atoms. The van der Waals surface area contributed by atoms with Crippen LogP contribution in [0.3, 0.4) is 0 Å². The number of likely N-dealkylation sites (tertiary alicyclic amines) is 2. The number of aliphatic carboxylic acids is 2. The summed E-state index contributed by atoms with van der Waals surface area (Å²) in [5, 5.41) is 21.0. The Morgan fingerprint density at radius 1 is 0.600 bits per heavy atom. The number of ketones is 2. The van der Waals surface area contributed by atoms with Gasteiger partial charge >= 0.3 is 11.9 Å². The Labute approximate surface area is 295 Å². The molecule has 2 heterocycles. The summed E-state index contributed by atoms with van der Waals surface area (Å²) in [7, 11) is 0. The van der Waals surface area contributed by atoms with Gasteiger partial charge in [0.05, 0.1) is 5.41 Å². The molecule has 0 unspecified atom stereocenters. The van der Waals surface area contributed by atoms with Crippen LogP contribution in [0.25, 0.3) is 0 Å². The van der Waals surface area contributed by atoms with Gasteiger partial charge in [0.15, 0.2) is 0 Å². The molecule has 2 fully saturated rings. The Morgan fingerprint density at radius 2 is 0.920 bits per heavy atom. The van der Waals surface area contributed by atoms with Crippen molar-refractivity contribution >= 4 is 35.3 Å². The van der Waals surface area contributed by atoms with E-state index in [4.69, 9.17) is 0 Å². The first-order valence-electron chi connectivity index (χ1n) is 17.4. The number of carbonyl (C=O) groups excluding carboxylic acids is 4. The lowest BCUT2D eigenvalue weighted by Crippen LogP contribution is -2.69. The minimum absolute atomic E-state index is 0.0794. The highest BCUT2D eigenvalue weighted by Crippen LogP contribution is 2.58. The lowest BCUT2D eigenvalue weighted by molar-refractivity contribution is -0.181. The predicted octanol–water partition coefficient (Wildman–Crippen LogP) is 6.67. The number of carbonyl (C=O) groups is 6. The van der Waals surface area contributed by atoms with Gasteiger partial charge in [0.2, 0.25) is 11.6 Å². The molecule has 50 heavy (non-hydrogen) atoms. The molecule has 0 bridgehead atoms. The molecule has 0 aromatic heterocycles. The molecule has 2 amide bonds. The van der Waals surface area contributed by atoms with Gasteiger partial charge in [-0.2, -0.15) is 0 Å². The number of benzene rings is 2. The van der Waals surface area contributed by atoms with Gasteiger partial charge in [0.25, 0.3) is 11.8 Å². The minimum atomic E-state index is -1.43. The quantitative estimate of drug-likeness (QED) is 0.196. The van der Waals surface area contributed by atoms with Crippen molar-refractivity contribution in [2.45, 2.75) is 122 Å². The second-order valence-corrected chi connectivity index (χ2v) is 16.7. The first-order chi connectivity index (χ1) is 23.1. The van der Waals surface area contributed by atoms with Crippen LogP contribution in [0.15, 0.2) is 60.7 Å². The van der Waals surface area contributed by atoms with Crippen LogP contribution >= 0.6 is 0 Å². The van der Waals surface area contributed by atoms with Gasteiger partial charge in [-0.3, -0.25) is 28.8 Å². The average Bonchev–Trinajstić information content (AvgIpc) is 3.00. The summed E-state index contributed by atoms with van der Waals surface area (Å²) < 4.78 is 0. The molecule has 270 valence electrons. The summed E-state index contributed by atoms with van der Waals surface area (Å²) in [4.78, 5) is 83.6. The van der Waals surface area contributed by atoms with Crippen molar-refractivity contribution in [3.63, 3.8) is 0 Å². The molecule has 0 radical (unpaired) electrons. The average molecular weight is 689 g/mol. The van der Waals surface area contributed by atoms with Crippen molar-refractivity contribution < 1.29 is 39.0 Å². The summed E-state index contributed by atoms with van der Waals surface area (Å²) in [5.41, 5.74) is -4.64. The van der Waals surface area contributed by atoms with Crippen LogP contribution in [0.2, 0.25) is 0 Å². The van der Waals surface area contributed by atoms with Crippen LogP contribution in [-0.2, 0) is 19.2 Å². The van der Waals surface area contributed by atoms with E-state index in [1.54, 1.807) is 70.5 Å². The zero-order chi connectivity index (χ0) is 37.4. The highest BCUT2D eigenvalue weighted by molar-refractivity contribution is 6.43. The van der Waals surface area contributed by atoms with Gasteiger partial charge in [-0.25, -0.2) is 0 Å². The van der Waals surface area contributed by atoms with E-state index in [1.807, 2.05) is 55.4 Å². The number of hydrogen-bond donors (Lipinski definition) is 2. The summed E-state index contributed by atoms with van der Waals surface area (Å²) in [5.74, 6) is -5.69. The van der Waals surface area contributed by atoms with Crippen molar-refractivity contribution in [2.75, 3.05) is 0 Å². The number of carboxylic acids is 2. The van der Waals surface area contributed by atoms with E-state index >= 15 is 0 Å². The molecule has 2 aliphatic heterocycles. The van der Waals surface area contributed by atoms with Crippen molar-refractivity contribution in [2.24, 2.45) is 17.3 Å². The Balaban J connectivity index is 1.76. The third-order valence-electron chi connectivity index (χ3n) is 11.1. The Hall–Kier alpha value is -4.34. The zero-order valence-corrected chi connectivity index (χ0v) is 30.6. The molecule has 4 rings (SSSR count). The van der Waals surface area contributed by atoms with Gasteiger partial charge in [0.1, 0.15) is 0 Å². The monoisotopic (exact) mass is 688 g/mol. The van der Waals surface area contributed by atoms with Gasteiger partial charge in [-0.15, -0.1) is 0 Å². The number of nitrogens with zero attached hydrogens (tertiary/aromatic N) is 2. The van der Waals surface area contributed by atoms with Gasteiger partial charge in [-0.05, 0) is 106 Å². The molecule has 0 atom stereocenters. The first-order valence-corrected chi connectivity index (χ1v) is 17.4. The highest BCUT2D eigenvalue weighted by Gasteiger charge is 2.62. The van der Waals surface area contributed by atoms with E-state index in [-0.39, 0.29) is 56.1 Å². The Bertz CT molecular complexity index is 1500. The maximum Gasteiger partial charge on any atom is 0.310 e. The van der Waals surface area contributed by atoms with E-state index in [2.05, 4.69) is 0 Å².